The fourth-order valence-corrected chi connectivity index (χ4v) is 2.53. The minimum absolute atomic E-state index is 0.358. The first-order valence-electron chi connectivity index (χ1n) is 8.78. The van der Waals surface area contributed by atoms with E-state index in [1.807, 2.05) is 55.5 Å². The minimum atomic E-state index is -0.358. The van der Waals surface area contributed by atoms with E-state index >= 15 is 0 Å². The summed E-state index contributed by atoms with van der Waals surface area (Å²) in [4.78, 5) is 12.3. The van der Waals surface area contributed by atoms with Crippen molar-refractivity contribution in [1.29, 1.82) is 0 Å². The molecule has 3 aromatic rings. The molecule has 0 fully saturated rings. The minimum Gasteiger partial charge on any atom is -0.494 e. The molecule has 3 nitrogen and oxygen atoms in total. The van der Waals surface area contributed by atoms with E-state index in [1.54, 1.807) is 24.3 Å². The first kappa shape index (κ1) is 17.7. The van der Waals surface area contributed by atoms with E-state index in [0.29, 0.717) is 11.3 Å². The Balaban J connectivity index is 1.67. The number of hydrogen-bond acceptors (Lipinski definition) is 3. The number of rotatable bonds is 6. The molecule has 0 aliphatic heterocycles. The van der Waals surface area contributed by atoms with Gasteiger partial charge in [-0.3, -0.25) is 0 Å². The second-order valence-electron chi connectivity index (χ2n) is 6.15. The van der Waals surface area contributed by atoms with Gasteiger partial charge in [0.15, 0.2) is 0 Å². The summed E-state index contributed by atoms with van der Waals surface area (Å²) in [6.07, 6.45) is 0.988. The summed E-state index contributed by atoms with van der Waals surface area (Å²) >= 11 is 0. The van der Waals surface area contributed by atoms with Crippen molar-refractivity contribution in [3.05, 3.63) is 83.9 Å². The molecule has 132 valence electrons. The first-order valence-corrected chi connectivity index (χ1v) is 8.78. The molecule has 3 rings (SSSR count). The van der Waals surface area contributed by atoms with Crippen LogP contribution in [0.15, 0.2) is 72.8 Å². The van der Waals surface area contributed by atoms with Gasteiger partial charge in [-0.15, -0.1) is 0 Å². The van der Waals surface area contributed by atoms with Crippen molar-refractivity contribution in [2.24, 2.45) is 0 Å². The molecule has 3 aromatic carbocycles. The van der Waals surface area contributed by atoms with Gasteiger partial charge in [0.05, 0.1) is 12.2 Å². The van der Waals surface area contributed by atoms with Gasteiger partial charge in [-0.2, -0.15) is 0 Å². The van der Waals surface area contributed by atoms with E-state index in [0.717, 1.165) is 35.5 Å². The lowest BCUT2D eigenvalue weighted by molar-refractivity contribution is 0.0735. The van der Waals surface area contributed by atoms with Gasteiger partial charge in [0.1, 0.15) is 11.5 Å². The summed E-state index contributed by atoms with van der Waals surface area (Å²) in [5.41, 5.74) is 3.77. The van der Waals surface area contributed by atoms with Crippen molar-refractivity contribution in [2.45, 2.75) is 20.3 Å². The standard InChI is InChI=1S/C23H22O3/c1-3-16-25-21-14-10-19(11-15-21)18-6-8-20(9-7-18)23(24)26-22-12-4-17(2)5-13-22/h4-15H,3,16H2,1-2H3. The lowest BCUT2D eigenvalue weighted by Gasteiger charge is -2.08. The molecule has 0 bridgehead atoms. The van der Waals surface area contributed by atoms with Crippen molar-refractivity contribution >= 4 is 5.97 Å². The molecule has 0 unspecified atom stereocenters. The van der Waals surface area contributed by atoms with Gasteiger partial charge in [0, 0.05) is 0 Å². The molecule has 0 saturated heterocycles. The summed E-state index contributed by atoms with van der Waals surface area (Å²) < 4.78 is 11.0. The molecule has 26 heavy (non-hydrogen) atoms. The third kappa shape index (κ3) is 4.51. The molecule has 3 heteroatoms. The average Bonchev–Trinajstić information content (AvgIpc) is 2.68. The molecule has 0 atom stereocenters. The monoisotopic (exact) mass is 346 g/mol. The van der Waals surface area contributed by atoms with Gasteiger partial charge in [0.25, 0.3) is 0 Å². The van der Waals surface area contributed by atoms with Crippen molar-refractivity contribution < 1.29 is 14.3 Å². The lowest BCUT2D eigenvalue weighted by atomic mass is 10.0. The van der Waals surface area contributed by atoms with E-state index in [1.165, 1.54) is 0 Å². The van der Waals surface area contributed by atoms with E-state index in [9.17, 15) is 4.79 Å². The summed E-state index contributed by atoms with van der Waals surface area (Å²) in [5, 5.41) is 0. The van der Waals surface area contributed by atoms with Crippen LogP contribution in [0.5, 0.6) is 11.5 Å². The van der Waals surface area contributed by atoms with Crippen LogP contribution in [0.1, 0.15) is 29.3 Å². The number of aryl methyl sites for hydroxylation is 1. The third-order valence-electron chi connectivity index (χ3n) is 4.01. The highest BCUT2D eigenvalue weighted by atomic mass is 16.5. The number of carbonyl (C=O) groups excluding carboxylic acids is 1. The largest absolute Gasteiger partial charge is 0.494 e. The Kier molecular flexibility index (Phi) is 5.69. The number of esters is 1. The molecule has 0 saturated carbocycles. The fourth-order valence-electron chi connectivity index (χ4n) is 2.53. The van der Waals surface area contributed by atoms with Gasteiger partial charge in [-0.1, -0.05) is 48.9 Å². The van der Waals surface area contributed by atoms with Crippen LogP contribution >= 0.6 is 0 Å². The summed E-state index contributed by atoms with van der Waals surface area (Å²) in [5.74, 6) is 1.06. The van der Waals surface area contributed by atoms with Gasteiger partial charge >= 0.3 is 5.97 Å². The second kappa shape index (κ2) is 8.34. The molecule has 0 aliphatic rings. The maximum atomic E-state index is 12.3. The van der Waals surface area contributed by atoms with Crippen LogP contribution in [0.25, 0.3) is 11.1 Å². The molecule has 0 aromatic heterocycles. The third-order valence-corrected chi connectivity index (χ3v) is 4.01. The molecule has 0 spiro atoms. The van der Waals surface area contributed by atoms with Crippen LogP contribution in [0, 0.1) is 6.92 Å². The van der Waals surface area contributed by atoms with Crippen LogP contribution in [0.2, 0.25) is 0 Å². The number of benzene rings is 3. The maximum absolute atomic E-state index is 12.3. The topological polar surface area (TPSA) is 35.5 Å². The zero-order chi connectivity index (χ0) is 18.4. The summed E-state index contributed by atoms with van der Waals surface area (Å²) in [6.45, 7) is 4.80. The SMILES string of the molecule is CCCOc1ccc(-c2ccc(C(=O)Oc3ccc(C)cc3)cc2)cc1. The Labute approximate surface area is 154 Å². The van der Waals surface area contributed by atoms with Crippen LogP contribution in [0.4, 0.5) is 0 Å². The van der Waals surface area contributed by atoms with Crippen molar-refractivity contribution in [2.75, 3.05) is 6.61 Å². The lowest BCUT2D eigenvalue weighted by Crippen LogP contribution is -2.08. The molecular weight excluding hydrogens is 324 g/mol. The Morgan fingerprint density at radius 2 is 1.31 bits per heavy atom. The average molecular weight is 346 g/mol. The van der Waals surface area contributed by atoms with Crippen LogP contribution in [-0.4, -0.2) is 12.6 Å². The van der Waals surface area contributed by atoms with E-state index in [4.69, 9.17) is 9.47 Å². The fraction of sp³-hybridized carbons (Fsp3) is 0.174. The van der Waals surface area contributed by atoms with Crippen molar-refractivity contribution in [3.63, 3.8) is 0 Å². The predicted molar refractivity (Wildman–Crippen MR) is 104 cm³/mol. The van der Waals surface area contributed by atoms with Crippen LogP contribution < -0.4 is 9.47 Å². The molecule has 0 heterocycles. The van der Waals surface area contributed by atoms with E-state index in [2.05, 4.69) is 6.92 Å². The number of hydrogen-bond donors (Lipinski definition) is 0. The highest BCUT2D eigenvalue weighted by Gasteiger charge is 2.09. The normalized spacial score (nSPS) is 10.4. The van der Waals surface area contributed by atoms with Gasteiger partial charge in [-0.25, -0.2) is 4.79 Å². The molecule has 0 aliphatic carbocycles. The predicted octanol–water partition coefficient (Wildman–Crippen LogP) is 5.67. The Hall–Kier alpha value is -3.07. The second-order valence-corrected chi connectivity index (χ2v) is 6.15. The van der Waals surface area contributed by atoms with Crippen molar-refractivity contribution in [3.8, 4) is 22.6 Å². The summed E-state index contributed by atoms with van der Waals surface area (Å²) in [7, 11) is 0. The number of ether oxygens (including phenoxy) is 2. The van der Waals surface area contributed by atoms with Gasteiger partial charge in [-0.05, 0) is 60.9 Å². The molecular formula is C23H22O3. The zero-order valence-electron chi connectivity index (χ0n) is 15.1. The highest BCUT2D eigenvalue weighted by Crippen LogP contribution is 2.23. The highest BCUT2D eigenvalue weighted by molar-refractivity contribution is 5.91. The smallest absolute Gasteiger partial charge is 0.343 e. The first-order chi connectivity index (χ1) is 12.7. The summed E-state index contributed by atoms with van der Waals surface area (Å²) in [6, 6.07) is 22.8. The zero-order valence-corrected chi connectivity index (χ0v) is 15.1. The van der Waals surface area contributed by atoms with Crippen molar-refractivity contribution in [1.82, 2.24) is 0 Å². The Morgan fingerprint density at radius 1 is 0.769 bits per heavy atom. The number of carbonyl (C=O) groups is 1. The van der Waals surface area contributed by atoms with Gasteiger partial charge in [0.2, 0.25) is 0 Å². The molecule has 0 radical (unpaired) electrons. The Morgan fingerprint density at radius 3 is 1.88 bits per heavy atom. The Bertz CT molecular complexity index is 847. The maximum Gasteiger partial charge on any atom is 0.343 e. The molecule has 0 N–H and O–H groups in total. The van der Waals surface area contributed by atoms with Crippen LogP contribution in [0.3, 0.4) is 0 Å². The molecule has 0 amide bonds. The van der Waals surface area contributed by atoms with Gasteiger partial charge < -0.3 is 9.47 Å². The van der Waals surface area contributed by atoms with Crippen LogP contribution in [-0.2, 0) is 0 Å². The quantitative estimate of drug-likeness (QED) is 0.426. The van der Waals surface area contributed by atoms with E-state index < -0.39 is 0 Å². The van der Waals surface area contributed by atoms with E-state index in [-0.39, 0.29) is 5.97 Å².